The van der Waals surface area contributed by atoms with Crippen LogP contribution in [-0.4, -0.2) is 125 Å². The first-order chi connectivity index (χ1) is 27.7. The van der Waals surface area contributed by atoms with Crippen LogP contribution in [0.1, 0.15) is 29.7 Å². The van der Waals surface area contributed by atoms with E-state index in [1.54, 1.807) is 30.5 Å². The maximum absolute atomic E-state index is 14.1. The van der Waals surface area contributed by atoms with Crippen LogP contribution in [0.25, 0.3) is 10.9 Å². The number of aromatic nitrogens is 3. The van der Waals surface area contributed by atoms with Crippen LogP contribution in [-0.2, 0) is 52.8 Å². The van der Waals surface area contributed by atoms with E-state index in [2.05, 4.69) is 54.2 Å². The molecule has 20 nitrogen and oxygen atoms in total. The van der Waals surface area contributed by atoms with E-state index in [0.717, 1.165) is 0 Å². The highest BCUT2D eigenvalue weighted by Gasteiger charge is 2.33. The number of aliphatic carboxylic acids is 2. The highest BCUT2D eigenvalue weighted by molar-refractivity contribution is 7.80. The highest BCUT2D eigenvalue weighted by Crippen LogP contribution is 2.20. The quantitative estimate of drug-likeness (QED) is 0.0392. The van der Waals surface area contributed by atoms with Gasteiger partial charge in [0.1, 0.15) is 36.0 Å². The smallest absolute Gasteiger partial charge is 0.327 e. The molecule has 58 heavy (non-hydrogen) atoms. The number of benzene rings is 2. The van der Waals surface area contributed by atoms with E-state index >= 15 is 0 Å². The molecule has 0 saturated carbocycles. The summed E-state index contributed by atoms with van der Waals surface area (Å²) in [6.45, 7) is -0.889. The second-order valence-corrected chi connectivity index (χ2v) is 13.6. The van der Waals surface area contributed by atoms with Crippen molar-refractivity contribution >= 4 is 65.0 Å². The fourth-order valence-corrected chi connectivity index (χ4v) is 6.06. The number of H-pyrrole nitrogens is 2. The van der Waals surface area contributed by atoms with Crippen molar-refractivity contribution in [1.82, 2.24) is 41.5 Å². The molecule has 2 aromatic heterocycles. The van der Waals surface area contributed by atoms with Gasteiger partial charge in [-0.25, -0.2) is 9.78 Å². The summed E-state index contributed by atoms with van der Waals surface area (Å²) in [6, 6.07) is 3.95. The summed E-state index contributed by atoms with van der Waals surface area (Å²) in [5, 5.41) is 51.6. The molecule has 0 unspecified atom stereocenters. The Kier molecular flexibility index (Phi) is 16.2. The van der Waals surface area contributed by atoms with Crippen LogP contribution < -0.4 is 32.3 Å². The van der Waals surface area contributed by atoms with Gasteiger partial charge < -0.3 is 62.7 Å². The van der Waals surface area contributed by atoms with Crippen LogP contribution in [0.3, 0.4) is 0 Å². The van der Waals surface area contributed by atoms with Crippen LogP contribution in [0.4, 0.5) is 0 Å². The predicted molar refractivity (Wildman–Crippen MR) is 209 cm³/mol. The Bertz CT molecular complexity index is 2060. The molecule has 0 saturated heterocycles. The average molecular weight is 824 g/mol. The van der Waals surface area contributed by atoms with Gasteiger partial charge in [0, 0.05) is 60.4 Å². The molecule has 0 bridgehead atoms. The number of phenols is 1. The van der Waals surface area contributed by atoms with Crippen LogP contribution in [0.15, 0.2) is 67.3 Å². The van der Waals surface area contributed by atoms with E-state index in [9.17, 15) is 54.0 Å². The van der Waals surface area contributed by atoms with E-state index in [-0.39, 0.29) is 30.8 Å². The number of fused-ring (bicyclic) bond motifs is 1. The first-order valence-corrected chi connectivity index (χ1v) is 18.6. The summed E-state index contributed by atoms with van der Waals surface area (Å²) >= 11 is 3.96. The summed E-state index contributed by atoms with van der Waals surface area (Å²) in [5.74, 6) is -7.79. The average Bonchev–Trinajstić information content (AvgIpc) is 3.87. The number of carbonyl (C=O) groups excluding carboxylic acids is 5. The van der Waals surface area contributed by atoms with Gasteiger partial charge in [-0.05, 0) is 35.7 Å². The van der Waals surface area contributed by atoms with Crippen molar-refractivity contribution in [2.24, 2.45) is 5.73 Å². The van der Waals surface area contributed by atoms with E-state index in [0.29, 0.717) is 27.7 Å². The number of thiol groups is 1. The van der Waals surface area contributed by atoms with Gasteiger partial charge in [0.15, 0.2) is 0 Å². The molecule has 4 rings (SSSR count). The Hall–Kier alpha value is -6.45. The van der Waals surface area contributed by atoms with Crippen molar-refractivity contribution < 1.29 is 54.0 Å². The zero-order valence-electron chi connectivity index (χ0n) is 30.9. The standard InChI is InChI=1S/C37H45N9O11S/c38-24(13-21-15-39-18-41-21)32(51)45-29(16-47)36(55)44-28(12-20-14-40-25-4-2-1-3-23(20)25)35(54)42-26(9-10-31(49)50)33(52)43-27(11-19-5-7-22(48)8-6-19)34(53)46-30(17-58)37(56)57/h1-8,14-15,18,24,26-30,40,47-48,58H,9-13,16-17,38H2,(H,39,41)(H,42,54)(H,43,52)(H,44,55)(H,45,51)(H,46,53)(H,49,50)(H,56,57)/t24-,26-,27-,28-,29-,30-/m0/s1. The molecule has 0 aliphatic carbocycles. The molecule has 13 N–H and O–H groups in total. The zero-order valence-corrected chi connectivity index (χ0v) is 31.8. The Morgan fingerprint density at radius 1 is 0.724 bits per heavy atom. The van der Waals surface area contributed by atoms with Crippen LogP contribution >= 0.6 is 12.6 Å². The minimum Gasteiger partial charge on any atom is -0.508 e. The topological polar surface area (TPSA) is 331 Å². The molecule has 4 aromatic rings. The van der Waals surface area contributed by atoms with E-state index < -0.39 is 97.2 Å². The minimum absolute atomic E-state index is 0.0315. The second-order valence-electron chi connectivity index (χ2n) is 13.3. The molecule has 310 valence electrons. The fourth-order valence-electron chi connectivity index (χ4n) is 5.82. The number of aliphatic hydroxyl groups excluding tert-OH is 1. The molecule has 0 spiro atoms. The van der Waals surface area contributed by atoms with Crippen molar-refractivity contribution in [2.45, 2.75) is 68.4 Å². The third-order valence-electron chi connectivity index (χ3n) is 8.97. The van der Waals surface area contributed by atoms with Crippen molar-refractivity contribution in [2.75, 3.05) is 12.4 Å². The lowest BCUT2D eigenvalue weighted by Crippen LogP contribution is -2.60. The second kappa shape index (κ2) is 21.2. The fraction of sp³-hybridized carbons (Fsp3) is 0.351. The van der Waals surface area contributed by atoms with E-state index in [1.165, 1.54) is 36.8 Å². The number of hydrogen-bond acceptors (Lipinski definition) is 12. The monoisotopic (exact) mass is 823 g/mol. The van der Waals surface area contributed by atoms with Gasteiger partial charge in [0.25, 0.3) is 0 Å². The number of hydrogen-bond donors (Lipinski definition) is 13. The number of nitrogens with two attached hydrogens (primary N) is 1. The van der Waals surface area contributed by atoms with Crippen molar-refractivity contribution in [3.63, 3.8) is 0 Å². The van der Waals surface area contributed by atoms with Crippen molar-refractivity contribution in [3.05, 3.63) is 84.1 Å². The lowest BCUT2D eigenvalue weighted by molar-refractivity contribution is -0.141. The van der Waals surface area contributed by atoms with Crippen LogP contribution in [0.5, 0.6) is 5.75 Å². The summed E-state index contributed by atoms with van der Waals surface area (Å²) in [6.07, 6.45) is 2.99. The van der Waals surface area contributed by atoms with Crippen LogP contribution in [0.2, 0.25) is 0 Å². The number of nitrogens with one attached hydrogen (secondary N) is 7. The Morgan fingerprint density at radius 2 is 1.31 bits per heavy atom. The van der Waals surface area contributed by atoms with Gasteiger partial charge in [-0.2, -0.15) is 12.6 Å². The summed E-state index contributed by atoms with van der Waals surface area (Å²) in [7, 11) is 0. The number of aliphatic hydroxyl groups is 1. The lowest BCUT2D eigenvalue weighted by atomic mass is 10.0. The molecule has 21 heteroatoms. The number of aromatic hydroxyl groups is 1. The number of rotatable bonds is 22. The number of carboxylic acid groups (broad SMARTS) is 2. The summed E-state index contributed by atoms with van der Waals surface area (Å²) < 4.78 is 0. The van der Waals surface area contributed by atoms with Gasteiger partial charge in [-0.1, -0.05) is 30.3 Å². The lowest BCUT2D eigenvalue weighted by Gasteiger charge is -2.27. The number of amides is 5. The third kappa shape index (κ3) is 12.8. The highest BCUT2D eigenvalue weighted by atomic mass is 32.1. The number of aromatic amines is 2. The molecule has 0 fully saturated rings. The van der Waals surface area contributed by atoms with Gasteiger partial charge in [-0.3, -0.25) is 28.8 Å². The van der Waals surface area contributed by atoms with Gasteiger partial charge >= 0.3 is 11.9 Å². The molecule has 2 aromatic carbocycles. The number of phenolic OH excluding ortho intramolecular Hbond substituents is 1. The molecule has 0 aliphatic heterocycles. The number of nitrogens with zero attached hydrogens (tertiary/aromatic N) is 1. The predicted octanol–water partition coefficient (Wildman–Crippen LogP) is -1.75. The summed E-state index contributed by atoms with van der Waals surface area (Å²) in [5.41, 5.74) is 8.24. The maximum atomic E-state index is 14.1. The van der Waals surface area contributed by atoms with Crippen LogP contribution in [0, 0.1) is 0 Å². The zero-order chi connectivity index (χ0) is 42.4. The molecule has 0 aliphatic rings. The maximum Gasteiger partial charge on any atom is 0.327 e. The Balaban J connectivity index is 1.59. The molecular formula is C37H45N9O11S. The molecule has 2 heterocycles. The first-order valence-electron chi connectivity index (χ1n) is 17.9. The van der Waals surface area contributed by atoms with Gasteiger partial charge in [0.2, 0.25) is 29.5 Å². The third-order valence-corrected chi connectivity index (χ3v) is 9.33. The Morgan fingerprint density at radius 3 is 1.91 bits per heavy atom. The summed E-state index contributed by atoms with van der Waals surface area (Å²) in [4.78, 5) is 101. The minimum atomic E-state index is -1.62. The molecule has 6 atom stereocenters. The van der Waals surface area contributed by atoms with E-state index in [1.807, 2.05) is 0 Å². The number of carbonyl (C=O) groups is 7. The van der Waals surface area contributed by atoms with E-state index in [4.69, 9.17) is 5.73 Å². The van der Waals surface area contributed by atoms with Crippen molar-refractivity contribution in [3.8, 4) is 5.75 Å². The van der Waals surface area contributed by atoms with Gasteiger partial charge in [0.05, 0.1) is 19.0 Å². The number of para-hydroxylation sites is 1. The molecular weight excluding hydrogens is 779 g/mol. The first kappa shape index (κ1) is 44.3. The molecule has 0 radical (unpaired) electrons. The van der Waals surface area contributed by atoms with Gasteiger partial charge in [-0.15, -0.1) is 0 Å². The van der Waals surface area contributed by atoms with Crippen molar-refractivity contribution in [1.29, 1.82) is 0 Å². The number of imidazole rings is 1. The Labute approximate surface area is 336 Å². The largest absolute Gasteiger partial charge is 0.508 e. The number of carboxylic acids is 2. The SMILES string of the molecule is N[C@@H](Cc1cnc[nH]1)C(=O)N[C@@H](CO)C(=O)N[C@@H](Cc1c[nH]c2ccccc12)C(=O)N[C@@H](CCC(=O)O)C(=O)N[C@@H](Cc1ccc(O)cc1)C(=O)N[C@@H](CS)C(=O)O. The molecule has 5 amide bonds. The normalized spacial score (nSPS) is 14.2.